The van der Waals surface area contributed by atoms with Gasteiger partial charge in [0.25, 0.3) is 0 Å². The molecule has 0 fully saturated rings. The maximum Gasteiger partial charge on any atom is 0.196 e. The van der Waals surface area contributed by atoms with Crippen molar-refractivity contribution < 1.29 is 4.42 Å². The van der Waals surface area contributed by atoms with Gasteiger partial charge in [-0.05, 0) is 24.3 Å². The Morgan fingerprint density at radius 1 is 1.28 bits per heavy atom. The SMILES string of the molecule is NCC(Sc1nnc2ccccn12)c1ccco1. The molecular formula is C12H12N4OS. The highest BCUT2D eigenvalue weighted by atomic mass is 32.2. The molecule has 0 bridgehead atoms. The zero-order valence-electron chi connectivity index (χ0n) is 9.56. The molecule has 3 heterocycles. The van der Waals surface area contributed by atoms with Crippen LogP contribution in [0.15, 0.2) is 52.4 Å². The Kier molecular flexibility index (Phi) is 3.04. The number of aromatic nitrogens is 3. The molecule has 0 saturated heterocycles. The first-order valence-electron chi connectivity index (χ1n) is 5.58. The standard InChI is InChI=1S/C12H12N4OS/c13-8-10(9-4-3-7-17-9)18-12-15-14-11-5-1-2-6-16(11)12/h1-7,10H,8,13H2. The van der Waals surface area contributed by atoms with Gasteiger partial charge in [0, 0.05) is 12.7 Å². The van der Waals surface area contributed by atoms with E-state index in [1.807, 2.05) is 40.9 Å². The van der Waals surface area contributed by atoms with E-state index in [1.54, 1.807) is 18.0 Å². The minimum atomic E-state index is 0.0487. The molecular weight excluding hydrogens is 248 g/mol. The van der Waals surface area contributed by atoms with Crippen LogP contribution >= 0.6 is 11.8 Å². The van der Waals surface area contributed by atoms with E-state index in [0.717, 1.165) is 16.6 Å². The van der Waals surface area contributed by atoms with Crippen LogP contribution in [0.3, 0.4) is 0 Å². The third-order valence-corrected chi connectivity index (χ3v) is 3.80. The van der Waals surface area contributed by atoms with Gasteiger partial charge in [0.1, 0.15) is 5.76 Å². The first-order valence-corrected chi connectivity index (χ1v) is 6.46. The summed E-state index contributed by atoms with van der Waals surface area (Å²) in [4.78, 5) is 0. The number of thioether (sulfide) groups is 1. The highest BCUT2D eigenvalue weighted by Gasteiger charge is 2.17. The summed E-state index contributed by atoms with van der Waals surface area (Å²) in [5.74, 6) is 0.857. The number of hydrogen-bond donors (Lipinski definition) is 1. The van der Waals surface area contributed by atoms with E-state index in [0.29, 0.717) is 6.54 Å². The highest BCUT2D eigenvalue weighted by Crippen LogP contribution is 2.33. The fourth-order valence-corrected chi connectivity index (χ4v) is 2.68. The largest absolute Gasteiger partial charge is 0.468 e. The van der Waals surface area contributed by atoms with Crippen LogP contribution in [-0.4, -0.2) is 21.1 Å². The second-order valence-electron chi connectivity index (χ2n) is 3.77. The van der Waals surface area contributed by atoms with Gasteiger partial charge in [-0.3, -0.25) is 4.40 Å². The van der Waals surface area contributed by atoms with Crippen LogP contribution in [0.2, 0.25) is 0 Å². The van der Waals surface area contributed by atoms with Gasteiger partial charge in [-0.2, -0.15) is 0 Å². The van der Waals surface area contributed by atoms with Gasteiger partial charge in [-0.1, -0.05) is 17.8 Å². The lowest BCUT2D eigenvalue weighted by Gasteiger charge is -2.09. The number of fused-ring (bicyclic) bond motifs is 1. The fraction of sp³-hybridized carbons (Fsp3) is 0.167. The Bertz CT molecular complexity index is 634. The number of furan rings is 1. The molecule has 0 aliphatic heterocycles. The molecule has 6 heteroatoms. The first-order chi connectivity index (χ1) is 8.88. The topological polar surface area (TPSA) is 69.3 Å². The molecule has 0 aliphatic rings. The van der Waals surface area contributed by atoms with E-state index in [-0.39, 0.29) is 5.25 Å². The quantitative estimate of drug-likeness (QED) is 0.728. The molecule has 3 aromatic heterocycles. The molecule has 92 valence electrons. The Balaban J connectivity index is 1.91. The lowest BCUT2D eigenvalue weighted by molar-refractivity contribution is 0.507. The van der Waals surface area contributed by atoms with Crippen LogP contribution in [-0.2, 0) is 0 Å². The maximum atomic E-state index is 5.79. The minimum absolute atomic E-state index is 0.0487. The average molecular weight is 260 g/mol. The molecule has 1 unspecified atom stereocenters. The van der Waals surface area contributed by atoms with Crippen LogP contribution in [0.5, 0.6) is 0 Å². The smallest absolute Gasteiger partial charge is 0.196 e. The van der Waals surface area contributed by atoms with Gasteiger partial charge < -0.3 is 10.2 Å². The minimum Gasteiger partial charge on any atom is -0.468 e. The van der Waals surface area contributed by atoms with Crippen molar-refractivity contribution in [2.45, 2.75) is 10.4 Å². The van der Waals surface area contributed by atoms with Crippen molar-refractivity contribution in [3.05, 3.63) is 48.6 Å². The van der Waals surface area contributed by atoms with Gasteiger partial charge in [0.2, 0.25) is 0 Å². The Labute approximate surface area is 108 Å². The molecule has 18 heavy (non-hydrogen) atoms. The third-order valence-electron chi connectivity index (χ3n) is 2.60. The Morgan fingerprint density at radius 3 is 3.00 bits per heavy atom. The fourth-order valence-electron chi connectivity index (χ4n) is 1.72. The van der Waals surface area contributed by atoms with Crippen LogP contribution in [0.4, 0.5) is 0 Å². The number of nitrogens with zero attached hydrogens (tertiary/aromatic N) is 3. The van der Waals surface area contributed by atoms with Gasteiger partial charge in [0.15, 0.2) is 10.8 Å². The lowest BCUT2D eigenvalue weighted by Crippen LogP contribution is -2.09. The van der Waals surface area contributed by atoms with E-state index in [2.05, 4.69) is 10.2 Å². The van der Waals surface area contributed by atoms with E-state index in [4.69, 9.17) is 10.2 Å². The number of pyridine rings is 1. The normalized spacial score (nSPS) is 12.9. The van der Waals surface area contributed by atoms with Gasteiger partial charge in [0.05, 0.1) is 11.5 Å². The van der Waals surface area contributed by atoms with Gasteiger partial charge in [-0.25, -0.2) is 0 Å². The van der Waals surface area contributed by atoms with Crippen molar-refractivity contribution in [2.75, 3.05) is 6.54 Å². The first kappa shape index (κ1) is 11.3. The molecule has 5 nitrogen and oxygen atoms in total. The summed E-state index contributed by atoms with van der Waals surface area (Å²) in [6.07, 6.45) is 3.59. The summed E-state index contributed by atoms with van der Waals surface area (Å²) in [5, 5.41) is 9.15. The molecule has 2 N–H and O–H groups in total. The van der Waals surface area contributed by atoms with Crippen molar-refractivity contribution in [2.24, 2.45) is 5.73 Å². The summed E-state index contributed by atoms with van der Waals surface area (Å²) in [5.41, 5.74) is 6.62. The molecule has 3 rings (SSSR count). The zero-order chi connectivity index (χ0) is 12.4. The monoisotopic (exact) mass is 260 g/mol. The van der Waals surface area contributed by atoms with Gasteiger partial charge >= 0.3 is 0 Å². The van der Waals surface area contributed by atoms with Gasteiger partial charge in [-0.15, -0.1) is 10.2 Å². The molecule has 1 atom stereocenters. The summed E-state index contributed by atoms with van der Waals surface area (Å²) >= 11 is 1.55. The summed E-state index contributed by atoms with van der Waals surface area (Å²) in [6.45, 7) is 0.486. The molecule has 0 aromatic carbocycles. The zero-order valence-corrected chi connectivity index (χ0v) is 10.4. The second kappa shape index (κ2) is 4.83. The number of hydrogen-bond acceptors (Lipinski definition) is 5. The van der Waals surface area contributed by atoms with Crippen LogP contribution in [0, 0.1) is 0 Å². The molecule has 0 saturated carbocycles. The molecule has 3 aromatic rings. The van der Waals surface area contributed by atoms with Crippen molar-refractivity contribution in [1.82, 2.24) is 14.6 Å². The Morgan fingerprint density at radius 2 is 2.22 bits per heavy atom. The predicted octanol–water partition coefficient (Wildman–Crippen LogP) is 2.11. The van der Waals surface area contributed by atoms with E-state index >= 15 is 0 Å². The lowest BCUT2D eigenvalue weighted by atomic mass is 10.3. The van der Waals surface area contributed by atoms with Crippen molar-refractivity contribution in [1.29, 1.82) is 0 Å². The summed E-state index contributed by atoms with van der Waals surface area (Å²) in [7, 11) is 0. The molecule has 0 spiro atoms. The van der Waals surface area contributed by atoms with Crippen molar-refractivity contribution >= 4 is 17.4 Å². The number of rotatable bonds is 4. The molecule has 0 radical (unpaired) electrons. The predicted molar refractivity (Wildman–Crippen MR) is 69.3 cm³/mol. The second-order valence-corrected chi connectivity index (χ2v) is 4.94. The van der Waals surface area contributed by atoms with Crippen LogP contribution in [0.1, 0.15) is 11.0 Å². The maximum absolute atomic E-state index is 5.79. The van der Waals surface area contributed by atoms with Crippen molar-refractivity contribution in [3.8, 4) is 0 Å². The molecule has 0 amide bonds. The number of nitrogens with two attached hydrogens (primary N) is 1. The third kappa shape index (κ3) is 2.00. The average Bonchev–Trinajstić information content (AvgIpc) is 3.06. The Hall–Kier alpha value is -1.79. The van der Waals surface area contributed by atoms with Crippen LogP contribution in [0.25, 0.3) is 5.65 Å². The van der Waals surface area contributed by atoms with E-state index in [9.17, 15) is 0 Å². The summed E-state index contributed by atoms with van der Waals surface area (Å²) < 4.78 is 7.33. The summed E-state index contributed by atoms with van der Waals surface area (Å²) in [6, 6.07) is 9.59. The van der Waals surface area contributed by atoms with Crippen molar-refractivity contribution in [3.63, 3.8) is 0 Å². The van der Waals surface area contributed by atoms with E-state index < -0.39 is 0 Å². The van der Waals surface area contributed by atoms with E-state index in [1.165, 1.54) is 0 Å². The molecule has 0 aliphatic carbocycles. The van der Waals surface area contributed by atoms with Crippen LogP contribution < -0.4 is 5.73 Å². The highest BCUT2D eigenvalue weighted by molar-refractivity contribution is 7.99.